The third-order valence-corrected chi connectivity index (χ3v) is 5.82. The number of carbonyl (C=O) groups is 2. The second kappa shape index (κ2) is 10.2. The molecule has 1 N–H and O–H groups in total. The number of hydrogen-bond donors (Lipinski definition) is 1. The number of carbonyl (C=O) groups excluding carboxylic acids is 2. The molecule has 0 bridgehead atoms. The highest BCUT2D eigenvalue weighted by atomic mass is 32.2. The molecule has 1 aliphatic rings. The molecule has 2 aromatic rings. The lowest BCUT2D eigenvalue weighted by Gasteiger charge is -2.29. The summed E-state index contributed by atoms with van der Waals surface area (Å²) in [6.07, 6.45) is 1.08. The summed E-state index contributed by atoms with van der Waals surface area (Å²) in [5.41, 5.74) is 1.99. The molecule has 1 heterocycles. The number of amides is 2. The van der Waals surface area contributed by atoms with Gasteiger partial charge in [-0.2, -0.15) is 0 Å². The second-order valence-electron chi connectivity index (χ2n) is 6.65. The molecule has 0 fully saturated rings. The van der Waals surface area contributed by atoms with Crippen LogP contribution < -0.4 is 19.7 Å². The zero-order valence-electron chi connectivity index (χ0n) is 16.8. The standard InChI is InChI=1S/C22H26N2O4S/c1-27-18-8-7-16(15-19(18)28-2)11-12-23-21(25)9-10-22(26)24-13-14-29-20-6-4-3-5-17(20)24/h3-8,15H,9-14H2,1-2H3,(H,23,25). The van der Waals surface area contributed by atoms with Gasteiger partial charge in [0.05, 0.1) is 19.9 Å². The summed E-state index contributed by atoms with van der Waals surface area (Å²) in [5.74, 6) is 2.10. The highest BCUT2D eigenvalue weighted by molar-refractivity contribution is 7.99. The molecule has 0 radical (unpaired) electrons. The van der Waals surface area contributed by atoms with Crippen molar-refractivity contribution in [3.8, 4) is 11.5 Å². The van der Waals surface area contributed by atoms with Crippen LogP contribution in [0.4, 0.5) is 5.69 Å². The van der Waals surface area contributed by atoms with Crippen molar-refractivity contribution in [2.45, 2.75) is 24.2 Å². The summed E-state index contributed by atoms with van der Waals surface area (Å²) in [5, 5.41) is 2.89. The fourth-order valence-electron chi connectivity index (χ4n) is 3.25. The van der Waals surface area contributed by atoms with Crippen molar-refractivity contribution in [1.82, 2.24) is 5.32 Å². The van der Waals surface area contributed by atoms with E-state index in [1.165, 1.54) is 0 Å². The zero-order chi connectivity index (χ0) is 20.6. The Morgan fingerprint density at radius 3 is 2.66 bits per heavy atom. The molecule has 0 aliphatic carbocycles. The minimum Gasteiger partial charge on any atom is -0.493 e. The molecule has 7 heteroatoms. The maximum atomic E-state index is 12.6. The van der Waals surface area contributed by atoms with Crippen LogP contribution in [0.5, 0.6) is 11.5 Å². The van der Waals surface area contributed by atoms with Crippen LogP contribution in [-0.4, -0.2) is 44.9 Å². The van der Waals surface area contributed by atoms with E-state index in [4.69, 9.17) is 9.47 Å². The lowest BCUT2D eigenvalue weighted by Crippen LogP contribution is -2.36. The maximum absolute atomic E-state index is 12.6. The number of hydrogen-bond acceptors (Lipinski definition) is 5. The lowest BCUT2D eigenvalue weighted by atomic mass is 10.1. The number of benzene rings is 2. The van der Waals surface area contributed by atoms with E-state index in [1.807, 2.05) is 42.5 Å². The molecule has 2 amide bonds. The van der Waals surface area contributed by atoms with Gasteiger partial charge in [0.25, 0.3) is 0 Å². The predicted molar refractivity (Wildman–Crippen MR) is 115 cm³/mol. The van der Waals surface area contributed by atoms with Gasteiger partial charge in [-0.15, -0.1) is 11.8 Å². The van der Waals surface area contributed by atoms with E-state index in [0.29, 0.717) is 31.0 Å². The molecule has 3 rings (SSSR count). The molecule has 6 nitrogen and oxygen atoms in total. The maximum Gasteiger partial charge on any atom is 0.227 e. The first-order chi connectivity index (χ1) is 14.1. The Labute approximate surface area is 175 Å². The van der Waals surface area contributed by atoms with E-state index in [-0.39, 0.29) is 24.7 Å². The predicted octanol–water partition coefficient (Wildman–Crippen LogP) is 3.28. The van der Waals surface area contributed by atoms with Crippen molar-refractivity contribution < 1.29 is 19.1 Å². The van der Waals surface area contributed by atoms with E-state index in [1.54, 1.807) is 30.9 Å². The summed E-state index contributed by atoms with van der Waals surface area (Å²) in [7, 11) is 3.19. The number of ether oxygens (including phenoxy) is 2. The van der Waals surface area contributed by atoms with E-state index in [0.717, 1.165) is 21.9 Å². The first-order valence-electron chi connectivity index (χ1n) is 9.62. The normalized spacial score (nSPS) is 12.8. The van der Waals surface area contributed by atoms with E-state index in [2.05, 4.69) is 5.32 Å². The smallest absolute Gasteiger partial charge is 0.227 e. The van der Waals surface area contributed by atoms with Crippen LogP contribution in [0.15, 0.2) is 47.4 Å². The van der Waals surface area contributed by atoms with Gasteiger partial charge >= 0.3 is 0 Å². The van der Waals surface area contributed by atoms with Crippen molar-refractivity contribution in [3.05, 3.63) is 48.0 Å². The Balaban J connectivity index is 1.44. The van der Waals surface area contributed by atoms with E-state index in [9.17, 15) is 9.59 Å². The van der Waals surface area contributed by atoms with Crippen LogP contribution in [0.25, 0.3) is 0 Å². The molecule has 0 saturated carbocycles. The van der Waals surface area contributed by atoms with Crippen LogP contribution >= 0.6 is 11.8 Å². The van der Waals surface area contributed by atoms with Gasteiger partial charge in [-0.05, 0) is 36.2 Å². The largest absolute Gasteiger partial charge is 0.493 e. The Bertz CT molecular complexity index is 872. The minimum absolute atomic E-state index is 0.00668. The Morgan fingerprint density at radius 1 is 1.07 bits per heavy atom. The highest BCUT2D eigenvalue weighted by Crippen LogP contribution is 2.34. The molecule has 2 aromatic carbocycles. The summed E-state index contributed by atoms with van der Waals surface area (Å²) >= 11 is 1.76. The third-order valence-electron chi connectivity index (χ3n) is 4.78. The van der Waals surface area contributed by atoms with Gasteiger partial charge in [0.1, 0.15) is 0 Å². The molecule has 0 unspecified atom stereocenters. The van der Waals surface area contributed by atoms with Crippen LogP contribution in [0.3, 0.4) is 0 Å². The number of anilines is 1. The van der Waals surface area contributed by atoms with Gasteiger partial charge in [-0.3, -0.25) is 9.59 Å². The monoisotopic (exact) mass is 414 g/mol. The molecule has 29 heavy (non-hydrogen) atoms. The average Bonchev–Trinajstić information content (AvgIpc) is 2.76. The Morgan fingerprint density at radius 2 is 1.86 bits per heavy atom. The molecule has 1 aliphatic heterocycles. The molecule has 0 spiro atoms. The SMILES string of the molecule is COc1ccc(CCNC(=O)CCC(=O)N2CCSc3ccccc32)cc1OC. The summed E-state index contributed by atoms with van der Waals surface area (Å²) in [6, 6.07) is 13.6. The number of rotatable bonds is 8. The summed E-state index contributed by atoms with van der Waals surface area (Å²) < 4.78 is 10.5. The zero-order valence-corrected chi connectivity index (χ0v) is 17.6. The molecular weight excluding hydrogens is 388 g/mol. The van der Waals surface area contributed by atoms with Gasteiger partial charge in [0, 0.05) is 36.6 Å². The highest BCUT2D eigenvalue weighted by Gasteiger charge is 2.22. The quantitative estimate of drug-likeness (QED) is 0.718. The molecule has 154 valence electrons. The topological polar surface area (TPSA) is 67.9 Å². The number of para-hydroxylation sites is 1. The van der Waals surface area contributed by atoms with Crippen LogP contribution in [0.1, 0.15) is 18.4 Å². The van der Waals surface area contributed by atoms with Crippen LogP contribution in [-0.2, 0) is 16.0 Å². The fraction of sp³-hybridized carbons (Fsp3) is 0.364. The van der Waals surface area contributed by atoms with E-state index < -0.39 is 0 Å². The number of nitrogens with zero attached hydrogens (tertiary/aromatic N) is 1. The first-order valence-corrected chi connectivity index (χ1v) is 10.6. The summed E-state index contributed by atoms with van der Waals surface area (Å²) in [6.45, 7) is 1.19. The van der Waals surface area contributed by atoms with Crippen molar-refractivity contribution in [1.29, 1.82) is 0 Å². The Kier molecular flexibility index (Phi) is 7.41. The van der Waals surface area contributed by atoms with E-state index >= 15 is 0 Å². The number of fused-ring (bicyclic) bond motifs is 1. The van der Waals surface area contributed by atoms with Gasteiger partial charge in [0.2, 0.25) is 11.8 Å². The van der Waals surface area contributed by atoms with Gasteiger partial charge < -0.3 is 19.7 Å². The van der Waals surface area contributed by atoms with Crippen molar-refractivity contribution in [2.24, 2.45) is 0 Å². The summed E-state index contributed by atoms with van der Waals surface area (Å²) in [4.78, 5) is 27.7. The molecule has 0 saturated heterocycles. The third kappa shape index (κ3) is 5.44. The second-order valence-corrected chi connectivity index (χ2v) is 7.79. The first kappa shape index (κ1) is 21.0. The van der Waals surface area contributed by atoms with Crippen molar-refractivity contribution in [2.75, 3.05) is 38.0 Å². The number of methoxy groups -OCH3 is 2. The average molecular weight is 415 g/mol. The van der Waals surface area contributed by atoms with Gasteiger partial charge in [-0.25, -0.2) is 0 Å². The van der Waals surface area contributed by atoms with Gasteiger partial charge in [-0.1, -0.05) is 18.2 Å². The van der Waals surface area contributed by atoms with Gasteiger partial charge in [0.15, 0.2) is 11.5 Å². The van der Waals surface area contributed by atoms with Crippen molar-refractivity contribution >= 4 is 29.3 Å². The lowest BCUT2D eigenvalue weighted by molar-refractivity contribution is -0.125. The van der Waals surface area contributed by atoms with Crippen molar-refractivity contribution in [3.63, 3.8) is 0 Å². The van der Waals surface area contributed by atoms with Crippen LogP contribution in [0, 0.1) is 0 Å². The number of nitrogens with one attached hydrogen (secondary N) is 1. The van der Waals surface area contributed by atoms with Crippen LogP contribution in [0.2, 0.25) is 0 Å². The Hall–Kier alpha value is -2.67. The fourth-order valence-corrected chi connectivity index (χ4v) is 4.25. The number of thioether (sulfide) groups is 1. The minimum atomic E-state index is -0.113. The molecular formula is C22H26N2O4S. The molecule has 0 aromatic heterocycles. The molecule has 0 atom stereocenters.